The summed E-state index contributed by atoms with van der Waals surface area (Å²) >= 11 is 0. The molecular formula is C6H12N2O2. The number of hydrogen-bond donors (Lipinski definition) is 0. The number of nitrogens with zero attached hydrogens (tertiary/aromatic N) is 2. The number of carbonyl (C=O) groups excluding carboxylic acids is 1. The van der Waals surface area contributed by atoms with Gasteiger partial charge in [-0.2, -0.15) is 0 Å². The van der Waals surface area contributed by atoms with E-state index in [1.54, 1.807) is 21.2 Å². The van der Waals surface area contributed by atoms with Gasteiger partial charge in [0, 0.05) is 21.2 Å². The van der Waals surface area contributed by atoms with Crippen molar-refractivity contribution in [2.24, 2.45) is 4.99 Å². The minimum absolute atomic E-state index is 0.367. The van der Waals surface area contributed by atoms with Crippen molar-refractivity contribution in [2.45, 2.75) is 0 Å². The number of methoxy groups -OCH3 is 1. The molecule has 0 saturated heterocycles. The van der Waals surface area contributed by atoms with Gasteiger partial charge in [-0.05, 0) is 0 Å². The van der Waals surface area contributed by atoms with Gasteiger partial charge in [0.2, 0.25) is 6.41 Å². The molecule has 0 bridgehead atoms. The van der Waals surface area contributed by atoms with Gasteiger partial charge in [-0.3, -0.25) is 9.79 Å². The maximum atomic E-state index is 10.2. The van der Waals surface area contributed by atoms with E-state index >= 15 is 0 Å². The first-order chi connectivity index (χ1) is 4.76. The average molecular weight is 144 g/mol. The number of rotatable bonds is 3. The highest BCUT2D eigenvalue weighted by atomic mass is 16.5. The van der Waals surface area contributed by atoms with Crippen LogP contribution in [0.3, 0.4) is 0 Å². The summed E-state index contributed by atoms with van der Waals surface area (Å²) in [5, 5.41) is 0. The summed E-state index contributed by atoms with van der Waals surface area (Å²) in [7, 11) is 4.81. The summed E-state index contributed by atoms with van der Waals surface area (Å²) in [4.78, 5) is 15.4. The first kappa shape index (κ1) is 9.10. The first-order valence-electron chi connectivity index (χ1n) is 2.89. The van der Waals surface area contributed by atoms with E-state index in [4.69, 9.17) is 4.74 Å². The maximum absolute atomic E-state index is 10.2. The fraction of sp³-hybridized carbons (Fsp3) is 0.667. The molecule has 10 heavy (non-hydrogen) atoms. The van der Waals surface area contributed by atoms with Crippen LogP contribution in [0.1, 0.15) is 0 Å². The Bertz CT molecular complexity index is 134. The Balaban J connectivity index is 3.94. The first-order valence-corrected chi connectivity index (χ1v) is 2.89. The van der Waals surface area contributed by atoms with Crippen molar-refractivity contribution >= 4 is 12.2 Å². The molecule has 0 aliphatic carbocycles. The van der Waals surface area contributed by atoms with Gasteiger partial charge in [-0.1, -0.05) is 0 Å². The Morgan fingerprint density at radius 3 is 2.70 bits per heavy atom. The van der Waals surface area contributed by atoms with Crippen molar-refractivity contribution in [2.75, 3.05) is 27.8 Å². The Morgan fingerprint density at radius 2 is 2.40 bits per heavy atom. The van der Waals surface area contributed by atoms with E-state index in [-0.39, 0.29) is 0 Å². The lowest BCUT2D eigenvalue weighted by Crippen LogP contribution is -2.28. The highest BCUT2D eigenvalue weighted by molar-refractivity contribution is 5.91. The number of carbonyl (C=O) groups is 1. The number of ether oxygens (including phenoxy) is 1. The van der Waals surface area contributed by atoms with E-state index in [2.05, 4.69) is 4.99 Å². The van der Waals surface area contributed by atoms with Crippen molar-refractivity contribution in [3.05, 3.63) is 0 Å². The Morgan fingerprint density at radius 1 is 1.80 bits per heavy atom. The van der Waals surface area contributed by atoms with Gasteiger partial charge in [-0.15, -0.1) is 0 Å². The SMILES string of the molecule is CN=C(COC)N(C)C=O. The minimum Gasteiger partial charge on any atom is -0.377 e. The third kappa shape index (κ3) is 2.59. The van der Waals surface area contributed by atoms with E-state index in [0.29, 0.717) is 18.9 Å². The molecule has 0 atom stereocenters. The second-order valence-electron chi connectivity index (χ2n) is 1.79. The predicted octanol–water partition coefficient (Wildman–Crippen LogP) is -0.251. The number of amides is 1. The molecule has 0 heterocycles. The van der Waals surface area contributed by atoms with E-state index in [1.807, 2.05) is 0 Å². The van der Waals surface area contributed by atoms with Crippen LogP contribution in [0, 0.1) is 0 Å². The lowest BCUT2D eigenvalue weighted by atomic mass is 10.5. The van der Waals surface area contributed by atoms with Gasteiger partial charge < -0.3 is 9.64 Å². The normalized spacial score (nSPS) is 11.3. The Kier molecular flexibility index (Phi) is 4.49. The van der Waals surface area contributed by atoms with Gasteiger partial charge in [0.15, 0.2) is 0 Å². The zero-order valence-corrected chi connectivity index (χ0v) is 6.50. The molecule has 0 aromatic rings. The molecule has 1 amide bonds. The van der Waals surface area contributed by atoms with Crippen molar-refractivity contribution < 1.29 is 9.53 Å². The summed E-state index contributed by atoms with van der Waals surface area (Å²) in [6.07, 6.45) is 0.696. The van der Waals surface area contributed by atoms with Crippen molar-refractivity contribution in [3.8, 4) is 0 Å². The minimum atomic E-state index is 0.367. The molecule has 0 fully saturated rings. The van der Waals surface area contributed by atoms with E-state index in [1.165, 1.54) is 4.90 Å². The zero-order chi connectivity index (χ0) is 7.98. The van der Waals surface area contributed by atoms with Crippen LogP contribution in [-0.4, -0.2) is 45.0 Å². The molecule has 58 valence electrons. The van der Waals surface area contributed by atoms with Crippen LogP contribution in [0.2, 0.25) is 0 Å². The average Bonchev–Trinajstić information content (AvgIpc) is 1.99. The summed E-state index contributed by atoms with van der Waals surface area (Å²) in [6.45, 7) is 0.367. The van der Waals surface area contributed by atoms with E-state index in [0.717, 1.165) is 0 Å². The lowest BCUT2D eigenvalue weighted by molar-refractivity contribution is -0.114. The highest BCUT2D eigenvalue weighted by Gasteiger charge is 2.01. The molecule has 0 aliphatic heterocycles. The van der Waals surface area contributed by atoms with Crippen molar-refractivity contribution in [1.82, 2.24) is 4.90 Å². The molecule has 0 saturated carbocycles. The van der Waals surface area contributed by atoms with Gasteiger partial charge >= 0.3 is 0 Å². The number of amidine groups is 1. The van der Waals surface area contributed by atoms with Crippen LogP contribution >= 0.6 is 0 Å². The summed E-state index contributed by atoms with van der Waals surface area (Å²) in [6, 6.07) is 0. The predicted molar refractivity (Wildman–Crippen MR) is 39.1 cm³/mol. The van der Waals surface area contributed by atoms with E-state index in [9.17, 15) is 4.79 Å². The number of hydrogen-bond acceptors (Lipinski definition) is 3. The van der Waals surface area contributed by atoms with Crippen LogP contribution in [-0.2, 0) is 9.53 Å². The summed E-state index contributed by atoms with van der Waals surface area (Å²) in [5.41, 5.74) is 0. The Labute approximate surface area is 60.5 Å². The molecule has 0 aliphatic rings. The summed E-state index contributed by atoms with van der Waals surface area (Å²) < 4.78 is 4.79. The molecule has 0 N–H and O–H groups in total. The quantitative estimate of drug-likeness (QED) is 0.311. The van der Waals surface area contributed by atoms with Gasteiger partial charge in [0.25, 0.3) is 0 Å². The van der Waals surface area contributed by atoms with Crippen LogP contribution in [0.15, 0.2) is 4.99 Å². The molecule has 4 nitrogen and oxygen atoms in total. The molecule has 0 spiro atoms. The second kappa shape index (κ2) is 4.93. The Hall–Kier alpha value is -0.900. The van der Waals surface area contributed by atoms with Crippen LogP contribution in [0.4, 0.5) is 0 Å². The highest BCUT2D eigenvalue weighted by Crippen LogP contribution is 1.83. The largest absolute Gasteiger partial charge is 0.377 e. The molecule has 0 aromatic carbocycles. The van der Waals surface area contributed by atoms with Crippen LogP contribution in [0.5, 0.6) is 0 Å². The fourth-order valence-corrected chi connectivity index (χ4v) is 0.514. The number of likely N-dealkylation sites (N-methyl/N-ethyl adjacent to an activating group) is 1. The molecular weight excluding hydrogens is 132 g/mol. The van der Waals surface area contributed by atoms with Crippen LogP contribution in [0.25, 0.3) is 0 Å². The van der Waals surface area contributed by atoms with Crippen molar-refractivity contribution in [3.63, 3.8) is 0 Å². The smallest absolute Gasteiger partial charge is 0.214 e. The molecule has 0 unspecified atom stereocenters. The molecule has 0 aromatic heterocycles. The monoisotopic (exact) mass is 144 g/mol. The van der Waals surface area contributed by atoms with Crippen molar-refractivity contribution in [1.29, 1.82) is 0 Å². The lowest BCUT2D eigenvalue weighted by Gasteiger charge is -2.11. The standard InChI is InChI=1S/C6H12N2O2/c1-7-6(4-10-3)8(2)5-9/h5H,4H2,1-3H3. The second-order valence-corrected chi connectivity index (χ2v) is 1.79. The van der Waals surface area contributed by atoms with Gasteiger partial charge in [0.1, 0.15) is 12.4 Å². The summed E-state index contributed by atoms with van der Waals surface area (Å²) in [5.74, 6) is 0.623. The maximum Gasteiger partial charge on any atom is 0.214 e. The molecule has 0 radical (unpaired) electrons. The zero-order valence-electron chi connectivity index (χ0n) is 6.50. The number of aliphatic imine (C=N–C) groups is 1. The molecule has 4 heteroatoms. The van der Waals surface area contributed by atoms with Gasteiger partial charge in [0.05, 0.1) is 0 Å². The van der Waals surface area contributed by atoms with E-state index < -0.39 is 0 Å². The van der Waals surface area contributed by atoms with Crippen LogP contribution < -0.4 is 0 Å². The third-order valence-corrected chi connectivity index (χ3v) is 1.10. The van der Waals surface area contributed by atoms with Gasteiger partial charge in [-0.25, -0.2) is 0 Å². The third-order valence-electron chi connectivity index (χ3n) is 1.10. The molecule has 0 rings (SSSR count). The topological polar surface area (TPSA) is 41.9 Å². The fourth-order valence-electron chi connectivity index (χ4n) is 0.514.